The molecule has 0 aliphatic heterocycles. The number of aryl methyl sites for hydroxylation is 1. The monoisotopic (exact) mass is 326 g/mol. The molecule has 0 aliphatic rings. The third kappa shape index (κ3) is 5.44. The number of hydrogen-bond donors (Lipinski definition) is 1. The maximum Gasteiger partial charge on any atom is 0.322 e. The van der Waals surface area contributed by atoms with Crippen LogP contribution in [0.4, 0.5) is 0 Å². The second kappa shape index (κ2) is 8.93. The molecule has 0 spiro atoms. The molecule has 1 N–H and O–H groups in total. The predicted octanol–water partition coefficient (Wildman–Crippen LogP) is 3.97. The van der Waals surface area contributed by atoms with Gasteiger partial charge in [-0.15, -0.1) is 0 Å². The van der Waals surface area contributed by atoms with Gasteiger partial charge >= 0.3 is 5.97 Å². The number of carbonyl (C=O) groups is 1. The van der Waals surface area contributed by atoms with E-state index in [0.717, 1.165) is 31.2 Å². The van der Waals surface area contributed by atoms with Gasteiger partial charge in [-0.3, -0.25) is 4.79 Å². The lowest BCUT2D eigenvalue weighted by Gasteiger charge is -2.14. The summed E-state index contributed by atoms with van der Waals surface area (Å²) in [5.74, 6) is -1.26. The maximum atomic E-state index is 12.5. The van der Waals surface area contributed by atoms with Crippen LogP contribution in [0.5, 0.6) is 0 Å². The van der Waals surface area contributed by atoms with Crippen LogP contribution in [0.25, 0.3) is 0 Å². The van der Waals surface area contributed by atoms with Crippen LogP contribution in [0, 0.1) is 6.92 Å². The van der Waals surface area contributed by atoms with Gasteiger partial charge in [0.1, 0.15) is 0 Å². The van der Waals surface area contributed by atoms with Crippen molar-refractivity contribution in [3.8, 4) is 0 Å². The fourth-order valence-electron chi connectivity index (χ4n) is 2.41. The molecule has 0 fully saturated rings. The van der Waals surface area contributed by atoms with Crippen LogP contribution in [-0.4, -0.2) is 24.7 Å². The third-order valence-corrected chi connectivity index (χ3v) is 5.94. The minimum absolute atomic E-state index is 0.0940. The standard InChI is InChI=1S/C17H26O4S/c1-3-4-5-6-7-8-9-16(17(18)19)22(20,21)15-12-10-14(2)11-13-15/h10-13,16H,3-9H2,1-2H3,(H,18,19). The van der Waals surface area contributed by atoms with E-state index in [1.807, 2.05) is 6.92 Å². The zero-order valence-corrected chi connectivity index (χ0v) is 14.2. The van der Waals surface area contributed by atoms with Gasteiger partial charge in [-0.1, -0.05) is 63.1 Å². The molecule has 1 aromatic carbocycles. The van der Waals surface area contributed by atoms with E-state index in [1.54, 1.807) is 12.1 Å². The van der Waals surface area contributed by atoms with E-state index in [4.69, 9.17) is 0 Å². The normalized spacial score (nSPS) is 13.0. The zero-order chi connectivity index (χ0) is 16.6. The lowest BCUT2D eigenvalue weighted by atomic mass is 10.1. The minimum atomic E-state index is -3.81. The van der Waals surface area contributed by atoms with Gasteiger partial charge in [-0.2, -0.15) is 0 Å². The number of carboxylic acids is 1. The first-order chi connectivity index (χ1) is 10.4. The summed E-state index contributed by atoms with van der Waals surface area (Å²) in [5, 5.41) is 7.94. The van der Waals surface area contributed by atoms with Crippen LogP contribution in [0.2, 0.25) is 0 Å². The number of benzene rings is 1. The van der Waals surface area contributed by atoms with E-state index >= 15 is 0 Å². The molecule has 0 saturated carbocycles. The quantitative estimate of drug-likeness (QED) is 0.660. The van der Waals surface area contributed by atoms with Crippen molar-refractivity contribution in [3.05, 3.63) is 29.8 Å². The number of hydrogen-bond acceptors (Lipinski definition) is 3. The highest BCUT2D eigenvalue weighted by molar-refractivity contribution is 7.92. The van der Waals surface area contributed by atoms with E-state index < -0.39 is 21.1 Å². The van der Waals surface area contributed by atoms with Crippen LogP contribution >= 0.6 is 0 Å². The Hall–Kier alpha value is -1.36. The van der Waals surface area contributed by atoms with Gasteiger partial charge in [0, 0.05) is 0 Å². The molecule has 1 unspecified atom stereocenters. The van der Waals surface area contributed by atoms with Crippen molar-refractivity contribution in [2.75, 3.05) is 0 Å². The molecule has 124 valence electrons. The summed E-state index contributed by atoms with van der Waals surface area (Å²) >= 11 is 0. The Morgan fingerprint density at radius 2 is 1.59 bits per heavy atom. The lowest BCUT2D eigenvalue weighted by Crippen LogP contribution is -2.30. The van der Waals surface area contributed by atoms with Crippen molar-refractivity contribution in [3.63, 3.8) is 0 Å². The molecule has 1 rings (SSSR count). The summed E-state index contributed by atoms with van der Waals surface area (Å²) < 4.78 is 24.9. The van der Waals surface area contributed by atoms with Crippen molar-refractivity contribution in [1.82, 2.24) is 0 Å². The van der Waals surface area contributed by atoms with E-state index in [1.165, 1.54) is 18.6 Å². The van der Waals surface area contributed by atoms with Crippen LogP contribution in [-0.2, 0) is 14.6 Å². The van der Waals surface area contributed by atoms with Crippen molar-refractivity contribution in [1.29, 1.82) is 0 Å². The summed E-state index contributed by atoms with van der Waals surface area (Å²) in [7, 11) is -3.81. The molecule has 0 aromatic heterocycles. The number of unbranched alkanes of at least 4 members (excludes halogenated alkanes) is 5. The second-order valence-corrected chi connectivity index (χ2v) is 7.87. The summed E-state index contributed by atoms with van der Waals surface area (Å²) in [5.41, 5.74) is 0.946. The van der Waals surface area contributed by atoms with Gasteiger partial charge in [-0.25, -0.2) is 8.42 Å². The molecule has 0 amide bonds. The van der Waals surface area contributed by atoms with Crippen molar-refractivity contribution in [2.24, 2.45) is 0 Å². The Kier molecular flexibility index (Phi) is 7.59. The average Bonchev–Trinajstić information content (AvgIpc) is 2.46. The summed E-state index contributed by atoms with van der Waals surface area (Å²) in [4.78, 5) is 11.5. The second-order valence-electron chi connectivity index (χ2n) is 5.74. The third-order valence-electron chi connectivity index (χ3n) is 3.82. The Bertz CT molecular complexity index is 561. The minimum Gasteiger partial charge on any atom is -0.480 e. The van der Waals surface area contributed by atoms with E-state index in [0.29, 0.717) is 6.42 Å². The van der Waals surface area contributed by atoms with Gasteiger partial charge in [0.15, 0.2) is 15.1 Å². The molecule has 0 radical (unpaired) electrons. The SMILES string of the molecule is CCCCCCCCC(C(=O)O)S(=O)(=O)c1ccc(C)cc1. The number of aliphatic carboxylic acids is 1. The Morgan fingerprint density at radius 1 is 1.05 bits per heavy atom. The molecular formula is C17H26O4S. The van der Waals surface area contributed by atoms with Gasteiger partial charge in [0.25, 0.3) is 0 Å². The molecule has 0 saturated heterocycles. The van der Waals surface area contributed by atoms with Gasteiger partial charge in [0.2, 0.25) is 0 Å². The van der Waals surface area contributed by atoms with Crippen LogP contribution in [0.1, 0.15) is 57.4 Å². The van der Waals surface area contributed by atoms with E-state index in [-0.39, 0.29) is 11.3 Å². The van der Waals surface area contributed by atoms with Crippen molar-refractivity contribution in [2.45, 2.75) is 68.9 Å². The lowest BCUT2D eigenvalue weighted by molar-refractivity contribution is -0.136. The highest BCUT2D eigenvalue weighted by Crippen LogP contribution is 2.21. The Balaban J connectivity index is 2.69. The molecule has 0 heterocycles. The first kappa shape index (κ1) is 18.7. The summed E-state index contributed by atoms with van der Waals surface area (Å²) in [6.45, 7) is 4.00. The van der Waals surface area contributed by atoms with Crippen molar-refractivity contribution >= 4 is 15.8 Å². The molecule has 4 nitrogen and oxygen atoms in total. The average molecular weight is 326 g/mol. The van der Waals surface area contributed by atoms with Gasteiger partial charge in [0.05, 0.1) is 4.90 Å². The number of carboxylic acid groups (broad SMARTS) is 1. The van der Waals surface area contributed by atoms with Crippen LogP contribution in [0.15, 0.2) is 29.2 Å². The number of sulfone groups is 1. The highest BCUT2D eigenvalue weighted by Gasteiger charge is 2.33. The van der Waals surface area contributed by atoms with E-state index in [2.05, 4.69) is 6.92 Å². The topological polar surface area (TPSA) is 71.4 Å². The summed E-state index contributed by atoms with van der Waals surface area (Å²) in [6.07, 6.45) is 6.17. The molecule has 5 heteroatoms. The fraction of sp³-hybridized carbons (Fsp3) is 0.588. The largest absolute Gasteiger partial charge is 0.480 e. The highest BCUT2D eigenvalue weighted by atomic mass is 32.2. The Labute approximate surface area is 133 Å². The molecule has 0 aliphatic carbocycles. The van der Waals surface area contributed by atoms with Crippen molar-refractivity contribution < 1.29 is 18.3 Å². The fourth-order valence-corrected chi connectivity index (χ4v) is 4.00. The predicted molar refractivity (Wildman–Crippen MR) is 87.8 cm³/mol. The van der Waals surface area contributed by atoms with E-state index in [9.17, 15) is 18.3 Å². The number of rotatable bonds is 10. The molecule has 1 atom stereocenters. The Morgan fingerprint density at radius 3 is 2.14 bits per heavy atom. The first-order valence-electron chi connectivity index (χ1n) is 7.93. The summed E-state index contributed by atoms with van der Waals surface area (Å²) in [6, 6.07) is 6.36. The van der Waals surface area contributed by atoms with Gasteiger partial charge < -0.3 is 5.11 Å². The molecular weight excluding hydrogens is 300 g/mol. The molecule has 0 bridgehead atoms. The first-order valence-corrected chi connectivity index (χ1v) is 9.47. The van der Waals surface area contributed by atoms with Gasteiger partial charge in [-0.05, 0) is 25.5 Å². The maximum absolute atomic E-state index is 12.5. The van der Waals surface area contributed by atoms with Crippen LogP contribution in [0.3, 0.4) is 0 Å². The smallest absolute Gasteiger partial charge is 0.322 e. The van der Waals surface area contributed by atoms with Crippen LogP contribution < -0.4 is 0 Å². The molecule has 1 aromatic rings. The zero-order valence-electron chi connectivity index (χ0n) is 13.4. The molecule has 22 heavy (non-hydrogen) atoms.